The van der Waals surface area contributed by atoms with Crippen molar-refractivity contribution < 1.29 is 9.90 Å². The second kappa shape index (κ2) is 6.33. The smallest absolute Gasteiger partial charge is 0.407 e. The van der Waals surface area contributed by atoms with Crippen molar-refractivity contribution in [3.8, 4) is 0 Å². The minimum absolute atomic E-state index is 0.202. The molecule has 0 aromatic carbocycles. The first-order chi connectivity index (χ1) is 9.39. The zero-order valence-corrected chi connectivity index (χ0v) is 13.3. The van der Waals surface area contributed by atoms with E-state index in [9.17, 15) is 9.90 Å². The lowest BCUT2D eigenvalue weighted by molar-refractivity contribution is 0.0374. The van der Waals surface area contributed by atoms with Crippen LogP contribution < -0.4 is 0 Å². The first-order valence-corrected chi connectivity index (χ1v) is 8.16. The number of rotatable bonds is 2. The van der Waals surface area contributed by atoms with Crippen molar-refractivity contribution >= 4 is 6.09 Å². The third-order valence-corrected chi connectivity index (χ3v) is 4.87. The van der Waals surface area contributed by atoms with Gasteiger partial charge < -0.3 is 14.9 Å². The molecular formula is C16H30N2O2. The number of carbonyl (C=O) groups is 1. The lowest BCUT2D eigenvalue weighted by Gasteiger charge is -2.45. The summed E-state index contributed by atoms with van der Waals surface area (Å²) in [7, 11) is 0. The van der Waals surface area contributed by atoms with Crippen LogP contribution in [0.1, 0.15) is 65.7 Å². The van der Waals surface area contributed by atoms with E-state index in [4.69, 9.17) is 0 Å². The minimum Gasteiger partial charge on any atom is -0.465 e. The lowest BCUT2D eigenvalue weighted by Crippen LogP contribution is -2.53. The van der Waals surface area contributed by atoms with Crippen LogP contribution >= 0.6 is 0 Å². The van der Waals surface area contributed by atoms with Gasteiger partial charge in [-0.1, -0.05) is 6.42 Å². The predicted octanol–water partition coefficient (Wildman–Crippen LogP) is 3.56. The maximum atomic E-state index is 11.5. The Balaban J connectivity index is 1.91. The molecule has 20 heavy (non-hydrogen) atoms. The number of amides is 1. The maximum absolute atomic E-state index is 11.5. The molecule has 1 amide bonds. The van der Waals surface area contributed by atoms with Crippen LogP contribution in [0.5, 0.6) is 0 Å². The second-order valence-electron chi connectivity index (χ2n) is 7.38. The molecule has 1 N–H and O–H groups in total. The normalized spacial score (nSPS) is 29.1. The molecule has 1 aliphatic carbocycles. The van der Waals surface area contributed by atoms with Gasteiger partial charge in [0.1, 0.15) is 0 Å². The van der Waals surface area contributed by atoms with E-state index in [1.54, 1.807) is 4.90 Å². The third-order valence-electron chi connectivity index (χ3n) is 4.87. The molecule has 1 saturated heterocycles. The van der Waals surface area contributed by atoms with Crippen LogP contribution in [0.4, 0.5) is 4.79 Å². The van der Waals surface area contributed by atoms with Crippen LogP contribution in [0, 0.1) is 0 Å². The van der Waals surface area contributed by atoms with E-state index in [0.29, 0.717) is 6.04 Å². The van der Waals surface area contributed by atoms with Crippen LogP contribution in [-0.2, 0) is 0 Å². The molecule has 2 aliphatic rings. The Morgan fingerprint density at radius 1 is 1.05 bits per heavy atom. The number of nitrogens with zero attached hydrogens (tertiary/aromatic N) is 2. The Morgan fingerprint density at radius 2 is 1.60 bits per heavy atom. The summed E-state index contributed by atoms with van der Waals surface area (Å²) < 4.78 is 0. The van der Waals surface area contributed by atoms with Crippen molar-refractivity contribution in [2.24, 2.45) is 0 Å². The molecule has 2 rings (SSSR count). The predicted molar refractivity (Wildman–Crippen MR) is 81.1 cm³/mol. The summed E-state index contributed by atoms with van der Waals surface area (Å²) >= 11 is 0. The molecular weight excluding hydrogens is 252 g/mol. The highest BCUT2D eigenvalue weighted by atomic mass is 16.4. The number of hydrogen-bond acceptors (Lipinski definition) is 2. The first kappa shape index (κ1) is 15.6. The van der Waals surface area contributed by atoms with Crippen LogP contribution in [0.3, 0.4) is 0 Å². The minimum atomic E-state index is -0.765. The highest BCUT2D eigenvalue weighted by Gasteiger charge is 2.36. The Bertz CT molecular complexity index is 324. The van der Waals surface area contributed by atoms with Crippen molar-refractivity contribution in [2.45, 2.75) is 83.3 Å². The van der Waals surface area contributed by atoms with Crippen molar-refractivity contribution in [1.29, 1.82) is 0 Å². The second-order valence-corrected chi connectivity index (χ2v) is 7.38. The number of hydrogen-bond donors (Lipinski definition) is 1. The molecule has 2 fully saturated rings. The van der Waals surface area contributed by atoms with Gasteiger partial charge in [0.05, 0.1) is 0 Å². The fourth-order valence-electron chi connectivity index (χ4n) is 3.96. The topological polar surface area (TPSA) is 43.8 Å². The van der Waals surface area contributed by atoms with Gasteiger partial charge in [0.2, 0.25) is 0 Å². The van der Waals surface area contributed by atoms with Crippen molar-refractivity contribution in [1.82, 2.24) is 9.80 Å². The standard InChI is InChI=1S/C16H30N2O2/c1-16(2,3)18(15(19)20)14-9-7-13(8-10-14)17-11-5-4-6-12-17/h13-14H,4-12H2,1-3H3,(H,19,20). The molecule has 0 radical (unpaired) electrons. The highest BCUT2D eigenvalue weighted by Crippen LogP contribution is 2.31. The summed E-state index contributed by atoms with van der Waals surface area (Å²) in [5, 5.41) is 9.49. The van der Waals surface area contributed by atoms with Crippen LogP contribution in [0.2, 0.25) is 0 Å². The molecule has 1 aliphatic heterocycles. The molecule has 116 valence electrons. The van der Waals surface area contributed by atoms with Gasteiger partial charge in [-0.2, -0.15) is 0 Å². The number of carboxylic acid groups (broad SMARTS) is 1. The SMILES string of the molecule is CC(C)(C)N(C(=O)O)C1CCC(N2CCCCC2)CC1. The summed E-state index contributed by atoms with van der Waals surface area (Å²) in [4.78, 5) is 15.9. The average Bonchev–Trinajstić information content (AvgIpc) is 2.38. The Morgan fingerprint density at radius 3 is 2.05 bits per heavy atom. The van der Waals surface area contributed by atoms with Crippen LogP contribution in [0.15, 0.2) is 0 Å². The van der Waals surface area contributed by atoms with E-state index in [1.165, 1.54) is 32.4 Å². The number of piperidine rings is 1. The average molecular weight is 282 g/mol. The van der Waals surface area contributed by atoms with E-state index < -0.39 is 6.09 Å². The molecule has 4 nitrogen and oxygen atoms in total. The molecule has 0 spiro atoms. The molecule has 1 saturated carbocycles. The quantitative estimate of drug-likeness (QED) is 0.842. The molecule has 0 aromatic heterocycles. The number of likely N-dealkylation sites (tertiary alicyclic amines) is 1. The van der Waals surface area contributed by atoms with Crippen molar-refractivity contribution in [3.63, 3.8) is 0 Å². The van der Waals surface area contributed by atoms with E-state index >= 15 is 0 Å². The molecule has 1 heterocycles. The van der Waals surface area contributed by atoms with Crippen LogP contribution in [0.25, 0.3) is 0 Å². The van der Waals surface area contributed by atoms with E-state index in [2.05, 4.69) is 4.90 Å². The first-order valence-electron chi connectivity index (χ1n) is 8.16. The van der Waals surface area contributed by atoms with Gasteiger partial charge in [-0.25, -0.2) is 4.79 Å². The van der Waals surface area contributed by atoms with E-state index in [0.717, 1.165) is 25.7 Å². The Labute approximate surface area is 123 Å². The molecule has 0 aromatic rings. The Hall–Kier alpha value is -0.770. The van der Waals surface area contributed by atoms with Crippen molar-refractivity contribution in [3.05, 3.63) is 0 Å². The van der Waals surface area contributed by atoms with E-state index in [1.807, 2.05) is 20.8 Å². The van der Waals surface area contributed by atoms with Gasteiger partial charge in [0, 0.05) is 17.6 Å². The molecule has 0 atom stereocenters. The molecule has 0 unspecified atom stereocenters. The van der Waals surface area contributed by atoms with Gasteiger partial charge in [-0.15, -0.1) is 0 Å². The summed E-state index contributed by atoms with van der Waals surface area (Å²) in [6.45, 7) is 8.49. The molecule has 0 bridgehead atoms. The Kier molecular flexibility index (Phi) is 4.95. The summed E-state index contributed by atoms with van der Waals surface area (Å²) in [6, 6.07) is 0.899. The zero-order chi connectivity index (χ0) is 14.8. The monoisotopic (exact) mass is 282 g/mol. The van der Waals surface area contributed by atoms with Gasteiger partial charge in [-0.05, 0) is 72.4 Å². The van der Waals surface area contributed by atoms with Crippen LogP contribution in [-0.4, -0.2) is 51.7 Å². The maximum Gasteiger partial charge on any atom is 0.407 e. The highest BCUT2D eigenvalue weighted by molar-refractivity contribution is 5.66. The fraction of sp³-hybridized carbons (Fsp3) is 0.938. The van der Waals surface area contributed by atoms with Gasteiger partial charge in [0.15, 0.2) is 0 Å². The lowest BCUT2D eigenvalue weighted by atomic mass is 9.86. The zero-order valence-electron chi connectivity index (χ0n) is 13.3. The fourth-order valence-corrected chi connectivity index (χ4v) is 3.96. The van der Waals surface area contributed by atoms with Gasteiger partial charge in [0.25, 0.3) is 0 Å². The van der Waals surface area contributed by atoms with Gasteiger partial charge in [-0.3, -0.25) is 0 Å². The summed E-state index contributed by atoms with van der Waals surface area (Å²) in [5.74, 6) is 0. The van der Waals surface area contributed by atoms with Crippen molar-refractivity contribution in [2.75, 3.05) is 13.1 Å². The largest absolute Gasteiger partial charge is 0.465 e. The summed E-state index contributed by atoms with van der Waals surface area (Å²) in [6.07, 6.45) is 7.64. The van der Waals surface area contributed by atoms with Gasteiger partial charge >= 0.3 is 6.09 Å². The third kappa shape index (κ3) is 3.66. The summed E-state index contributed by atoms with van der Waals surface area (Å²) in [5.41, 5.74) is -0.297. The van der Waals surface area contributed by atoms with E-state index in [-0.39, 0.29) is 11.6 Å². The molecule has 4 heteroatoms.